The van der Waals surface area contributed by atoms with Crippen molar-refractivity contribution in [2.24, 2.45) is 17.4 Å². The van der Waals surface area contributed by atoms with Gasteiger partial charge in [0, 0.05) is 19.3 Å². The van der Waals surface area contributed by atoms with Gasteiger partial charge in [-0.15, -0.1) is 0 Å². The minimum Gasteiger partial charge on any atom is -0.508 e. The largest absolute Gasteiger partial charge is 0.508 e. The van der Waals surface area contributed by atoms with Crippen molar-refractivity contribution in [3.05, 3.63) is 59.7 Å². The predicted octanol–water partition coefficient (Wildman–Crippen LogP) is -0.329. The van der Waals surface area contributed by atoms with Crippen LogP contribution in [0.4, 0.5) is 0 Å². The van der Waals surface area contributed by atoms with Crippen molar-refractivity contribution in [3.63, 3.8) is 0 Å². The van der Waals surface area contributed by atoms with Gasteiger partial charge in [-0.25, -0.2) is 4.79 Å². The second-order valence-corrected chi connectivity index (χ2v) is 10.0. The van der Waals surface area contributed by atoms with E-state index in [1.807, 2.05) is 0 Å². The molecule has 0 saturated carbocycles. The van der Waals surface area contributed by atoms with Gasteiger partial charge in [0.25, 0.3) is 0 Å². The molecule has 2 aromatic carbocycles. The molecule has 4 amide bonds. The fourth-order valence-corrected chi connectivity index (χ4v) is 3.82. The number of aromatic hydroxyl groups is 2. The van der Waals surface area contributed by atoms with Crippen LogP contribution in [0.1, 0.15) is 37.8 Å². The lowest BCUT2D eigenvalue weighted by molar-refractivity contribution is -0.142. The van der Waals surface area contributed by atoms with Crippen LogP contribution < -0.4 is 27.4 Å². The summed E-state index contributed by atoms with van der Waals surface area (Å²) < 4.78 is 0. The van der Waals surface area contributed by atoms with Gasteiger partial charge in [0.1, 0.15) is 29.6 Å². The van der Waals surface area contributed by atoms with Crippen LogP contribution in [0.15, 0.2) is 48.5 Å². The zero-order valence-electron chi connectivity index (χ0n) is 22.9. The van der Waals surface area contributed by atoms with Gasteiger partial charge in [-0.2, -0.15) is 0 Å². The number of nitrogens with one attached hydrogen (secondary N) is 3. The van der Waals surface area contributed by atoms with Gasteiger partial charge in [0.05, 0.1) is 6.04 Å². The maximum Gasteiger partial charge on any atom is 0.326 e. The molecule has 10 N–H and O–H groups in total. The van der Waals surface area contributed by atoms with Gasteiger partial charge in [-0.1, -0.05) is 38.1 Å². The predicted molar refractivity (Wildman–Crippen MR) is 148 cm³/mol. The van der Waals surface area contributed by atoms with Gasteiger partial charge < -0.3 is 42.7 Å². The highest BCUT2D eigenvalue weighted by molar-refractivity contribution is 5.94. The van der Waals surface area contributed by atoms with Crippen LogP contribution in [0.5, 0.6) is 11.5 Å². The molecule has 13 heteroatoms. The minimum atomic E-state index is -1.39. The fraction of sp³-hybridized carbons (Fsp3) is 0.393. The standard InChI is InChI=1S/C28H37N5O8/c1-15(2)24(30)27(39)32-21(13-16-3-7-18(34)8-4-16)26(38)31-20(11-12-23(29)36)25(37)33-22(28(40)41)14-17-5-9-19(35)10-6-17/h3-10,15,20-22,24,34-35H,11-14,30H2,1-2H3,(H2,29,36)(H,31,38)(H,32,39)(H,33,37)(H,40,41). The summed E-state index contributed by atoms with van der Waals surface area (Å²) in [4.78, 5) is 62.6. The summed E-state index contributed by atoms with van der Waals surface area (Å²) in [7, 11) is 0. The highest BCUT2D eigenvalue weighted by atomic mass is 16.4. The van der Waals surface area contributed by atoms with E-state index in [0.717, 1.165) is 0 Å². The van der Waals surface area contributed by atoms with Crippen LogP contribution in [0.3, 0.4) is 0 Å². The Bertz CT molecular complexity index is 1220. The van der Waals surface area contributed by atoms with Gasteiger partial charge in [-0.3, -0.25) is 19.2 Å². The third-order valence-electron chi connectivity index (χ3n) is 6.33. The summed E-state index contributed by atoms with van der Waals surface area (Å²) in [5.74, 6) is -4.58. The fourth-order valence-electron chi connectivity index (χ4n) is 3.82. The zero-order chi connectivity index (χ0) is 30.7. The summed E-state index contributed by atoms with van der Waals surface area (Å²) in [5.41, 5.74) is 12.3. The molecule has 0 fully saturated rings. The summed E-state index contributed by atoms with van der Waals surface area (Å²) in [6, 6.07) is 6.81. The van der Waals surface area contributed by atoms with E-state index in [-0.39, 0.29) is 43.1 Å². The number of carboxylic acids is 1. The Kier molecular flexibility index (Phi) is 12.1. The molecule has 0 radical (unpaired) electrons. The molecule has 0 spiro atoms. The third kappa shape index (κ3) is 10.8. The highest BCUT2D eigenvalue weighted by Gasteiger charge is 2.31. The van der Waals surface area contributed by atoms with Crippen molar-refractivity contribution in [1.82, 2.24) is 16.0 Å². The molecule has 41 heavy (non-hydrogen) atoms. The van der Waals surface area contributed by atoms with E-state index >= 15 is 0 Å². The molecule has 0 saturated heterocycles. The Morgan fingerprint density at radius 2 is 1.12 bits per heavy atom. The van der Waals surface area contributed by atoms with Crippen molar-refractivity contribution >= 4 is 29.6 Å². The number of phenolic OH excluding ortho intramolecular Hbond substituents is 2. The van der Waals surface area contributed by atoms with E-state index in [4.69, 9.17) is 11.5 Å². The number of carbonyl (C=O) groups excluding carboxylic acids is 4. The molecular weight excluding hydrogens is 534 g/mol. The normalized spacial score (nSPS) is 13.9. The van der Waals surface area contributed by atoms with Crippen molar-refractivity contribution in [2.45, 2.75) is 63.7 Å². The quantitative estimate of drug-likeness (QED) is 0.140. The maximum absolute atomic E-state index is 13.4. The Labute approximate surface area is 237 Å². The molecule has 2 aromatic rings. The minimum absolute atomic E-state index is 0.00379. The molecule has 4 unspecified atom stereocenters. The summed E-state index contributed by atoms with van der Waals surface area (Å²) >= 11 is 0. The Morgan fingerprint density at radius 1 is 0.707 bits per heavy atom. The topological polar surface area (TPSA) is 234 Å². The van der Waals surface area contributed by atoms with Crippen molar-refractivity contribution in [3.8, 4) is 11.5 Å². The number of hydrogen-bond acceptors (Lipinski definition) is 8. The van der Waals surface area contributed by atoms with E-state index in [2.05, 4.69) is 16.0 Å². The van der Waals surface area contributed by atoms with Crippen LogP contribution in [-0.2, 0) is 36.8 Å². The average Bonchev–Trinajstić information content (AvgIpc) is 2.91. The number of carbonyl (C=O) groups is 5. The highest BCUT2D eigenvalue weighted by Crippen LogP contribution is 2.14. The second kappa shape index (κ2) is 15.2. The number of primary amides is 1. The number of hydrogen-bond donors (Lipinski definition) is 8. The van der Waals surface area contributed by atoms with Gasteiger partial charge in [-0.05, 0) is 47.7 Å². The first-order valence-corrected chi connectivity index (χ1v) is 13.0. The number of carboxylic acid groups (broad SMARTS) is 1. The SMILES string of the molecule is CC(C)C(N)C(=O)NC(Cc1ccc(O)cc1)C(=O)NC(CCC(N)=O)C(=O)NC(Cc1ccc(O)cc1)C(=O)O. The van der Waals surface area contributed by atoms with E-state index < -0.39 is 53.8 Å². The van der Waals surface area contributed by atoms with E-state index in [1.54, 1.807) is 26.0 Å². The lowest BCUT2D eigenvalue weighted by atomic mass is 10.0. The van der Waals surface area contributed by atoms with Crippen LogP contribution in [-0.4, -0.2) is 69.1 Å². The van der Waals surface area contributed by atoms with E-state index in [1.165, 1.54) is 36.4 Å². The average molecular weight is 572 g/mol. The number of benzene rings is 2. The first-order chi connectivity index (χ1) is 19.3. The van der Waals surface area contributed by atoms with Gasteiger partial charge in [0.2, 0.25) is 23.6 Å². The van der Waals surface area contributed by atoms with Crippen molar-refractivity contribution in [1.29, 1.82) is 0 Å². The monoisotopic (exact) mass is 571 g/mol. The zero-order valence-corrected chi connectivity index (χ0v) is 22.9. The molecule has 4 atom stereocenters. The lowest BCUT2D eigenvalue weighted by Gasteiger charge is -2.26. The number of amides is 4. The molecule has 0 aliphatic heterocycles. The van der Waals surface area contributed by atoms with Gasteiger partial charge >= 0.3 is 5.97 Å². The first kappa shape index (κ1) is 32.6. The number of phenols is 2. The molecular formula is C28H37N5O8. The molecule has 13 nitrogen and oxygen atoms in total. The smallest absolute Gasteiger partial charge is 0.326 e. The molecule has 0 aromatic heterocycles. The Morgan fingerprint density at radius 3 is 1.56 bits per heavy atom. The molecule has 0 aliphatic rings. The van der Waals surface area contributed by atoms with Crippen LogP contribution >= 0.6 is 0 Å². The lowest BCUT2D eigenvalue weighted by Crippen LogP contribution is -2.58. The molecule has 222 valence electrons. The summed E-state index contributed by atoms with van der Waals surface area (Å²) in [6.07, 6.45) is -0.666. The Balaban J connectivity index is 2.26. The maximum atomic E-state index is 13.4. The number of nitrogens with two attached hydrogens (primary N) is 2. The van der Waals surface area contributed by atoms with Crippen LogP contribution in [0, 0.1) is 5.92 Å². The van der Waals surface area contributed by atoms with E-state index in [0.29, 0.717) is 11.1 Å². The van der Waals surface area contributed by atoms with E-state index in [9.17, 15) is 39.3 Å². The molecule has 0 heterocycles. The van der Waals surface area contributed by atoms with Crippen LogP contribution in [0.25, 0.3) is 0 Å². The van der Waals surface area contributed by atoms with Crippen molar-refractivity contribution in [2.75, 3.05) is 0 Å². The molecule has 0 aliphatic carbocycles. The third-order valence-corrected chi connectivity index (χ3v) is 6.33. The van der Waals surface area contributed by atoms with Crippen LogP contribution in [0.2, 0.25) is 0 Å². The van der Waals surface area contributed by atoms with Gasteiger partial charge in [0.15, 0.2) is 0 Å². The second-order valence-electron chi connectivity index (χ2n) is 10.0. The Hall–Kier alpha value is -4.65. The first-order valence-electron chi connectivity index (χ1n) is 13.0. The molecule has 0 bridgehead atoms. The number of aliphatic carboxylic acids is 1. The van der Waals surface area contributed by atoms with Crippen molar-refractivity contribution < 1.29 is 39.3 Å². The molecule has 2 rings (SSSR count). The summed E-state index contributed by atoms with van der Waals surface area (Å²) in [6.45, 7) is 3.47. The summed E-state index contributed by atoms with van der Waals surface area (Å²) in [5, 5.41) is 36.2. The number of rotatable bonds is 15.